The number of nitrogens with one attached hydrogen (secondary N) is 1. The second-order valence-electron chi connectivity index (χ2n) is 2.57. The minimum Gasteiger partial charge on any atom is -0.396 e. The SMILES string of the molecule is O=C(NCCCCO)c1ccon1. The van der Waals surface area contributed by atoms with Gasteiger partial charge >= 0.3 is 0 Å². The molecule has 0 aliphatic heterocycles. The molecule has 0 aliphatic rings. The molecule has 5 heteroatoms. The van der Waals surface area contributed by atoms with Gasteiger partial charge < -0.3 is 14.9 Å². The van der Waals surface area contributed by atoms with E-state index in [2.05, 4.69) is 15.0 Å². The second-order valence-corrected chi connectivity index (χ2v) is 2.57. The van der Waals surface area contributed by atoms with Crippen molar-refractivity contribution in [1.82, 2.24) is 10.5 Å². The van der Waals surface area contributed by atoms with Crippen LogP contribution in [0.4, 0.5) is 0 Å². The number of hydrogen-bond donors (Lipinski definition) is 2. The van der Waals surface area contributed by atoms with Gasteiger partial charge in [-0.05, 0) is 12.8 Å². The number of nitrogens with zero attached hydrogens (tertiary/aromatic N) is 1. The summed E-state index contributed by atoms with van der Waals surface area (Å²) >= 11 is 0. The summed E-state index contributed by atoms with van der Waals surface area (Å²) in [4.78, 5) is 11.2. The number of aliphatic hydroxyl groups is 1. The number of hydrogen-bond acceptors (Lipinski definition) is 4. The number of unbranched alkanes of at least 4 members (excludes halogenated alkanes) is 1. The first kappa shape index (κ1) is 9.73. The summed E-state index contributed by atoms with van der Waals surface area (Å²) in [6.07, 6.45) is 2.81. The van der Waals surface area contributed by atoms with E-state index < -0.39 is 0 Å². The molecule has 5 nitrogen and oxygen atoms in total. The van der Waals surface area contributed by atoms with Crippen LogP contribution in [0.5, 0.6) is 0 Å². The maximum Gasteiger partial charge on any atom is 0.273 e. The number of aliphatic hydroxyl groups excluding tert-OH is 1. The van der Waals surface area contributed by atoms with E-state index in [1.807, 2.05) is 0 Å². The number of carbonyl (C=O) groups is 1. The zero-order valence-electron chi connectivity index (χ0n) is 7.19. The number of amides is 1. The van der Waals surface area contributed by atoms with Gasteiger partial charge in [0.15, 0.2) is 5.69 Å². The minimum atomic E-state index is -0.244. The summed E-state index contributed by atoms with van der Waals surface area (Å²) < 4.78 is 4.51. The molecule has 1 rings (SSSR count). The van der Waals surface area contributed by atoms with E-state index in [4.69, 9.17) is 5.11 Å². The smallest absolute Gasteiger partial charge is 0.273 e. The van der Waals surface area contributed by atoms with E-state index in [1.165, 1.54) is 12.3 Å². The molecule has 13 heavy (non-hydrogen) atoms. The van der Waals surface area contributed by atoms with Crippen LogP contribution in [0.1, 0.15) is 23.3 Å². The quantitative estimate of drug-likeness (QED) is 0.640. The van der Waals surface area contributed by atoms with E-state index in [0.29, 0.717) is 13.0 Å². The molecular weight excluding hydrogens is 172 g/mol. The molecule has 1 heterocycles. The van der Waals surface area contributed by atoms with Crippen LogP contribution in [-0.4, -0.2) is 29.3 Å². The minimum absolute atomic E-state index is 0.153. The number of aromatic nitrogens is 1. The molecule has 1 aromatic rings. The Morgan fingerprint density at radius 3 is 3.08 bits per heavy atom. The molecule has 0 radical (unpaired) electrons. The van der Waals surface area contributed by atoms with Crippen molar-refractivity contribution in [1.29, 1.82) is 0 Å². The Kier molecular flexibility index (Phi) is 3.98. The highest BCUT2D eigenvalue weighted by Gasteiger charge is 2.06. The normalized spacial score (nSPS) is 9.92. The topological polar surface area (TPSA) is 75.4 Å². The summed E-state index contributed by atoms with van der Waals surface area (Å²) in [5.41, 5.74) is 0.281. The van der Waals surface area contributed by atoms with Gasteiger partial charge in [0.1, 0.15) is 6.26 Å². The molecule has 0 aliphatic carbocycles. The fourth-order valence-electron chi connectivity index (χ4n) is 0.859. The Labute approximate surface area is 75.7 Å². The fraction of sp³-hybridized carbons (Fsp3) is 0.500. The molecule has 0 atom stereocenters. The van der Waals surface area contributed by atoms with Crippen molar-refractivity contribution < 1.29 is 14.4 Å². The van der Waals surface area contributed by atoms with Crippen LogP contribution in [-0.2, 0) is 0 Å². The molecule has 1 aromatic heterocycles. The first-order chi connectivity index (χ1) is 6.34. The Hall–Kier alpha value is -1.36. The zero-order valence-corrected chi connectivity index (χ0v) is 7.19. The van der Waals surface area contributed by atoms with Gasteiger partial charge in [-0.15, -0.1) is 0 Å². The van der Waals surface area contributed by atoms with Crippen LogP contribution in [0.15, 0.2) is 16.9 Å². The van der Waals surface area contributed by atoms with E-state index in [1.54, 1.807) is 0 Å². The van der Waals surface area contributed by atoms with Crippen LogP contribution in [0.3, 0.4) is 0 Å². The van der Waals surface area contributed by atoms with Gasteiger partial charge in [0.05, 0.1) is 0 Å². The van der Waals surface area contributed by atoms with E-state index in [9.17, 15) is 4.79 Å². The van der Waals surface area contributed by atoms with Crippen molar-refractivity contribution in [3.05, 3.63) is 18.0 Å². The van der Waals surface area contributed by atoms with Crippen LogP contribution in [0, 0.1) is 0 Å². The lowest BCUT2D eigenvalue weighted by atomic mass is 10.3. The van der Waals surface area contributed by atoms with Crippen LogP contribution >= 0.6 is 0 Å². The molecule has 72 valence electrons. The summed E-state index contributed by atoms with van der Waals surface area (Å²) in [6, 6.07) is 1.50. The molecule has 0 fully saturated rings. The van der Waals surface area contributed by atoms with Crippen molar-refractivity contribution in [3.8, 4) is 0 Å². The van der Waals surface area contributed by atoms with Crippen molar-refractivity contribution in [2.24, 2.45) is 0 Å². The van der Waals surface area contributed by atoms with Gasteiger partial charge in [-0.3, -0.25) is 4.79 Å². The van der Waals surface area contributed by atoms with E-state index in [-0.39, 0.29) is 18.2 Å². The molecule has 0 saturated heterocycles. The average Bonchev–Trinajstić information content (AvgIpc) is 2.65. The Morgan fingerprint density at radius 1 is 1.62 bits per heavy atom. The first-order valence-corrected chi connectivity index (χ1v) is 4.14. The predicted molar refractivity (Wildman–Crippen MR) is 45.2 cm³/mol. The second kappa shape index (κ2) is 5.31. The van der Waals surface area contributed by atoms with Crippen LogP contribution < -0.4 is 5.32 Å². The summed E-state index contributed by atoms with van der Waals surface area (Å²) in [5.74, 6) is -0.244. The van der Waals surface area contributed by atoms with Gasteiger partial charge in [0.25, 0.3) is 5.91 Å². The average molecular weight is 184 g/mol. The Balaban J connectivity index is 2.19. The third-order valence-electron chi connectivity index (χ3n) is 1.54. The molecular formula is C8H12N2O3. The van der Waals surface area contributed by atoms with Gasteiger partial charge in [-0.1, -0.05) is 5.16 Å². The third-order valence-corrected chi connectivity index (χ3v) is 1.54. The lowest BCUT2D eigenvalue weighted by Crippen LogP contribution is -2.24. The van der Waals surface area contributed by atoms with Crippen molar-refractivity contribution in [2.75, 3.05) is 13.2 Å². The largest absolute Gasteiger partial charge is 0.396 e. The summed E-state index contributed by atoms with van der Waals surface area (Å²) in [7, 11) is 0. The van der Waals surface area contributed by atoms with Crippen LogP contribution in [0.2, 0.25) is 0 Å². The third kappa shape index (κ3) is 3.25. The lowest BCUT2D eigenvalue weighted by Gasteiger charge is -2.00. The highest BCUT2D eigenvalue weighted by atomic mass is 16.5. The maximum atomic E-state index is 11.2. The van der Waals surface area contributed by atoms with Gasteiger partial charge in [0, 0.05) is 19.2 Å². The van der Waals surface area contributed by atoms with Crippen molar-refractivity contribution in [3.63, 3.8) is 0 Å². The monoisotopic (exact) mass is 184 g/mol. The van der Waals surface area contributed by atoms with Gasteiger partial charge in [-0.2, -0.15) is 0 Å². The molecule has 0 bridgehead atoms. The van der Waals surface area contributed by atoms with Crippen molar-refractivity contribution >= 4 is 5.91 Å². The summed E-state index contributed by atoms with van der Waals surface area (Å²) in [6.45, 7) is 0.700. The fourth-order valence-corrected chi connectivity index (χ4v) is 0.859. The molecule has 0 spiro atoms. The van der Waals surface area contributed by atoms with Gasteiger partial charge in [-0.25, -0.2) is 0 Å². The Bertz CT molecular complexity index is 246. The first-order valence-electron chi connectivity index (χ1n) is 4.14. The van der Waals surface area contributed by atoms with Crippen LogP contribution in [0.25, 0.3) is 0 Å². The number of carbonyl (C=O) groups excluding carboxylic acids is 1. The van der Waals surface area contributed by atoms with E-state index >= 15 is 0 Å². The molecule has 0 aromatic carbocycles. The maximum absolute atomic E-state index is 11.2. The molecule has 1 amide bonds. The highest BCUT2D eigenvalue weighted by Crippen LogP contribution is 1.93. The standard InChI is InChI=1S/C8H12N2O3/c11-5-2-1-4-9-8(12)7-3-6-13-10-7/h3,6,11H,1-2,4-5H2,(H,9,12). The van der Waals surface area contributed by atoms with Gasteiger partial charge in [0.2, 0.25) is 0 Å². The number of rotatable bonds is 5. The highest BCUT2D eigenvalue weighted by molar-refractivity contribution is 5.91. The van der Waals surface area contributed by atoms with E-state index in [0.717, 1.165) is 6.42 Å². The summed E-state index contributed by atoms with van der Waals surface area (Å²) in [5, 5.41) is 14.6. The molecule has 0 saturated carbocycles. The zero-order chi connectivity index (χ0) is 9.52. The predicted octanol–water partition coefficient (Wildman–Crippen LogP) is 0.177. The van der Waals surface area contributed by atoms with Crippen molar-refractivity contribution in [2.45, 2.75) is 12.8 Å². The lowest BCUT2D eigenvalue weighted by molar-refractivity contribution is 0.0943. The molecule has 2 N–H and O–H groups in total. The molecule has 0 unspecified atom stereocenters. The Morgan fingerprint density at radius 2 is 2.46 bits per heavy atom.